The first-order valence-electron chi connectivity index (χ1n) is 11.8. The SMILES string of the molecule is Cc1cc(C)cc(OCC(=O)N(Cc2ccccc2F)[C@H](Cc2ccccc2)C(=O)NC(C)C)c1. The lowest BCUT2D eigenvalue weighted by atomic mass is 10.0. The Morgan fingerprint density at radius 3 is 2.20 bits per heavy atom. The molecule has 0 unspecified atom stereocenters. The third kappa shape index (κ3) is 7.67. The molecule has 2 amide bonds. The molecule has 3 rings (SSSR count). The smallest absolute Gasteiger partial charge is 0.261 e. The van der Waals surface area contributed by atoms with E-state index in [9.17, 15) is 14.0 Å². The van der Waals surface area contributed by atoms with E-state index < -0.39 is 17.8 Å². The molecule has 0 aromatic heterocycles. The molecule has 6 heteroatoms. The molecule has 0 radical (unpaired) electrons. The molecule has 0 aliphatic heterocycles. The van der Waals surface area contributed by atoms with Crippen molar-refractivity contribution in [2.75, 3.05) is 6.61 Å². The van der Waals surface area contributed by atoms with Crippen LogP contribution in [0.25, 0.3) is 0 Å². The lowest BCUT2D eigenvalue weighted by Gasteiger charge is -2.32. The van der Waals surface area contributed by atoms with Crippen molar-refractivity contribution in [1.29, 1.82) is 0 Å². The third-order valence-electron chi connectivity index (χ3n) is 5.56. The number of hydrogen-bond acceptors (Lipinski definition) is 3. The van der Waals surface area contributed by atoms with E-state index in [2.05, 4.69) is 5.32 Å². The summed E-state index contributed by atoms with van der Waals surface area (Å²) in [4.78, 5) is 28.2. The lowest BCUT2D eigenvalue weighted by Crippen LogP contribution is -2.53. The summed E-state index contributed by atoms with van der Waals surface area (Å²) in [5, 5.41) is 2.92. The fourth-order valence-corrected chi connectivity index (χ4v) is 3.99. The molecule has 184 valence electrons. The Morgan fingerprint density at radius 1 is 0.943 bits per heavy atom. The van der Waals surface area contributed by atoms with Crippen molar-refractivity contribution in [2.24, 2.45) is 0 Å². The second-order valence-corrected chi connectivity index (χ2v) is 9.09. The summed E-state index contributed by atoms with van der Waals surface area (Å²) in [7, 11) is 0. The fraction of sp³-hybridized carbons (Fsp3) is 0.310. The first-order valence-corrected chi connectivity index (χ1v) is 11.8. The largest absolute Gasteiger partial charge is 0.484 e. The highest BCUT2D eigenvalue weighted by atomic mass is 19.1. The minimum Gasteiger partial charge on any atom is -0.484 e. The topological polar surface area (TPSA) is 58.6 Å². The van der Waals surface area contributed by atoms with Gasteiger partial charge in [-0.1, -0.05) is 54.6 Å². The normalized spacial score (nSPS) is 11.7. The molecule has 0 bridgehead atoms. The number of carbonyl (C=O) groups is 2. The van der Waals surface area contributed by atoms with Crippen LogP contribution in [0.1, 0.15) is 36.1 Å². The molecule has 0 heterocycles. The first-order chi connectivity index (χ1) is 16.7. The number of benzene rings is 3. The highest BCUT2D eigenvalue weighted by molar-refractivity contribution is 5.88. The van der Waals surface area contributed by atoms with Crippen LogP contribution in [0.4, 0.5) is 4.39 Å². The molecule has 35 heavy (non-hydrogen) atoms. The van der Waals surface area contributed by atoms with Crippen molar-refractivity contribution in [1.82, 2.24) is 10.2 Å². The van der Waals surface area contributed by atoms with Gasteiger partial charge in [0.2, 0.25) is 5.91 Å². The molecule has 0 saturated heterocycles. The number of rotatable bonds is 10. The molecule has 3 aromatic rings. The highest BCUT2D eigenvalue weighted by Crippen LogP contribution is 2.19. The van der Waals surface area contributed by atoms with Crippen molar-refractivity contribution in [2.45, 2.75) is 52.7 Å². The molecule has 0 fully saturated rings. The van der Waals surface area contributed by atoms with Crippen molar-refractivity contribution in [3.63, 3.8) is 0 Å². The third-order valence-corrected chi connectivity index (χ3v) is 5.56. The molecule has 3 aromatic carbocycles. The summed E-state index contributed by atoms with van der Waals surface area (Å²) in [6, 6.07) is 20.6. The zero-order chi connectivity index (χ0) is 25.4. The maximum atomic E-state index is 14.6. The lowest BCUT2D eigenvalue weighted by molar-refractivity contribution is -0.143. The summed E-state index contributed by atoms with van der Waals surface area (Å²) in [6.45, 7) is 7.33. The predicted octanol–water partition coefficient (Wildman–Crippen LogP) is 4.99. The summed E-state index contributed by atoms with van der Waals surface area (Å²) in [5.41, 5.74) is 3.28. The van der Waals surface area contributed by atoms with Gasteiger partial charge in [-0.2, -0.15) is 0 Å². The second kappa shape index (κ2) is 12.2. The maximum Gasteiger partial charge on any atom is 0.261 e. The number of hydrogen-bond donors (Lipinski definition) is 1. The van der Waals surface area contributed by atoms with E-state index in [0.29, 0.717) is 17.7 Å². The van der Waals surface area contributed by atoms with E-state index in [1.807, 2.05) is 76.2 Å². The maximum absolute atomic E-state index is 14.6. The van der Waals surface area contributed by atoms with Gasteiger partial charge in [-0.15, -0.1) is 0 Å². The van der Waals surface area contributed by atoms with E-state index in [0.717, 1.165) is 16.7 Å². The Kier molecular flexibility index (Phi) is 9.01. The van der Waals surface area contributed by atoms with Gasteiger partial charge >= 0.3 is 0 Å². The van der Waals surface area contributed by atoms with Crippen LogP contribution in [0.3, 0.4) is 0 Å². The Hall–Kier alpha value is -3.67. The molecule has 0 spiro atoms. The van der Waals surface area contributed by atoms with Crippen LogP contribution in [-0.2, 0) is 22.6 Å². The van der Waals surface area contributed by atoms with Crippen LogP contribution in [0, 0.1) is 19.7 Å². The van der Waals surface area contributed by atoms with Crippen molar-refractivity contribution < 1.29 is 18.7 Å². The minimum absolute atomic E-state index is 0.0509. The Labute approximate surface area is 206 Å². The quantitative estimate of drug-likeness (QED) is 0.449. The Morgan fingerprint density at radius 2 is 1.57 bits per heavy atom. The second-order valence-electron chi connectivity index (χ2n) is 9.09. The first kappa shape index (κ1) is 25.9. The average molecular weight is 477 g/mol. The number of nitrogens with zero attached hydrogens (tertiary/aromatic N) is 1. The van der Waals surface area contributed by atoms with Gasteiger partial charge in [0.05, 0.1) is 0 Å². The summed E-state index contributed by atoms with van der Waals surface area (Å²) in [6.07, 6.45) is 0.295. The molecule has 0 aliphatic carbocycles. The van der Waals surface area contributed by atoms with Crippen LogP contribution in [0.5, 0.6) is 5.75 Å². The molecule has 5 nitrogen and oxygen atoms in total. The van der Waals surface area contributed by atoms with Gasteiger partial charge < -0.3 is 15.0 Å². The minimum atomic E-state index is -0.838. The molecule has 0 saturated carbocycles. The highest BCUT2D eigenvalue weighted by Gasteiger charge is 2.31. The zero-order valence-electron chi connectivity index (χ0n) is 20.8. The average Bonchev–Trinajstić information content (AvgIpc) is 2.80. The van der Waals surface area contributed by atoms with Crippen LogP contribution in [0.2, 0.25) is 0 Å². The van der Waals surface area contributed by atoms with Gasteiger partial charge in [0.15, 0.2) is 6.61 Å². The molecule has 1 atom stereocenters. The summed E-state index contributed by atoms with van der Waals surface area (Å²) in [5.74, 6) is -0.539. The van der Waals surface area contributed by atoms with Crippen molar-refractivity contribution in [3.8, 4) is 5.75 Å². The van der Waals surface area contributed by atoms with Gasteiger partial charge in [0.1, 0.15) is 17.6 Å². The molecule has 1 N–H and O–H groups in total. The van der Waals surface area contributed by atoms with Gasteiger partial charge in [0.25, 0.3) is 5.91 Å². The van der Waals surface area contributed by atoms with Gasteiger partial charge in [-0.25, -0.2) is 4.39 Å². The molecule has 0 aliphatic rings. The van der Waals surface area contributed by atoms with E-state index >= 15 is 0 Å². The molecular formula is C29H33FN2O3. The fourth-order valence-electron chi connectivity index (χ4n) is 3.99. The van der Waals surface area contributed by atoms with Gasteiger partial charge in [-0.3, -0.25) is 9.59 Å². The van der Waals surface area contributed by atoms with Crippen LogP contribution < -0.4 is 10.1 Å². The molecular weight excluding hydrogens is 443 g/mol. The van der Waals surface area contributed by atoms with Crippen molar-refractivity contribution in [3.05, 3.63) is 101 Å². The number of aryl methyl sites for hydroxylation is 2. The zero-order valence-corrected chi connectivity index (χ0v) is 20.8. The Bertz CT molecular complexity index is 1130. The number of amides is 2. The van der Waals surface area contributed by atoms with E-state index in [4.69, 9.17) is 4.74 Å². The van der Waals surface area contributed by atoms with Gasteiger partial charge in [-0.05, 0) is 62.6 Å². The standard InChI is InChI=1S/C29H33FN2O3/c1-20(2)31-29(34)27(17-23-10-6-5-7-11-23)32(18-24-12-8-9-13-26(24)30)28(33)19-35-25-15-21(3)14-22(4)16-25/h5-16,20,27H,17-19H2,1-4H3,(H,31,34)/t27-/m1/s1. The summed E-state index contributed by atoms with van der Waals surface area (Å²) >= 11 is 0. The van der Waals surface area contributed by atoms with Crippen LogP contribution >= 0.6 is 0 Å². The van der Waals surface area contributed by atoms with E-state index in [-0.39, 0.29) is 25.1 Å². The van der Waals surface area contributed by atoms with E-state index in [1.54, 1.807) is 18.2 Å². The number of ether oxygens (including phenoxy) is 1. The van der Waals surface area contributed by atoms with Gasteiger partial charge in [0, 0.05) is 24.6 Å². The van der Waals surface area contributed by atoms with E-state index in [1.165, 1.54) is 11.0 Å². The number of carbonyl (C=O) groups excluding carboxylic acids is 2. The summed E-state index contributed by atoms with van der Waals surface area (Å²) < 4.78 is 20.4. The van der Waals surface area contributed by atoms with Crippen LogP contribution in [-0.4, -0.2) is 35.4 Å². The Balaban J connectivity index is 1.93. The predicted molar refractivity (Wildman–Crippen MR) is 136 cm³/mol. The van der Waals surface area contributed by atoms with Crippen molar-refractivity contribution >= 4 is 11.8 Å². The van der Waals surface area contributed by atoms with Crippen LogP contribution in [0.15, 0.2) is 72.8 Å². The number of nitrogens with one attached hydrogen (secondary N) is 1. The number of halogens is 1. The monoisotopic (exact) mass is 476 g/mol.